The van der Waals surface area contributed by atoms with Gasteiger partial charge in [-0.3, -0.25) is 4.79 Å². The molecule has 0 aliphatic rings. The first kappa shape index (κ1) is 16.3. The van der Waals surface area contributed by atoms with E-state index >= 15 is 0 Å². The fourth-order valence-electron chi connectivity index (χ4n) is 1.88. The summed E-state index contributed by atoms with van der Waals surface area (Å²) in [5.41, 5.74) is -1.71. The second kappa shape index (κ2) is 6.81. The molecule has 1 amide bonds. The van der Waals surface area contributed by atoms with Crippen molar-refractivity contribution in [3.05, 3.63) is 63.9 Å². The van der Waals surface area contributed by atoms with Gasteiger partial charge in [0.15, 0.2) is 0 Å². The van der Waals surface area contributed by atoms with Crippen LogP contribution in [0, 0.1) is 11.6 Å². The van der Waals surface area contributed by atoms with Gasteiger partial charge in [0.2, 0.25) is 5.91 Å². The number of benzene rings is 1. The lowest BCUT2D eigenvalue weighted by Crippen LogP contribution is -2.38. The highest BCUT2D eigenvalue weighted by atomic mass is 32.1. The van der Waals surface area contributed by atoms with Gasteiger partial charge >= 0.3 is 0 Å². The first-order valence-electron chi connectivity index (χ1n) is 6.56. The number of halogens is 2. The van der Waals surface area contributed by atoms with Crippen molar-refractivity contribution in [2.24, 2.45) is 0 Å². The number of carbonyl (C=O) groups is 1. The fourth-order valence-corrected chi connectivity index (χ4v) is 2.50. The Morgan fingerprint density at radius 2 is 2.18 bits per heavy atom. The minimum absolute atomic E-state index is 0.0727. The van der Waals surface area contributed by atoms with E-state index < -0.39 is 23.1 Å². The van der Waals surface area contributed by atoms with Crippen LogP contribution in [0.2, 0.25) is 0 Å². The summed E-state index contributed by atoms with van der Waals surface area (Å²) in [6.45, 7) is 1.16. The molecule has 2 N–H and O–H groups in total. The smallest absolute Gasteiger partial charge is 0.244 e. The Morgan fingerprint density at radius 1 is 1.41 bits per heavy atom. The number of hydrogen-bond donors (Lipinski definition) is 2. The van der Waals surface area contributed by atoms with Crippen LogP contribution in [-0.4, -0.2) is 17.6 Å². The second-order valence-electron chi connectivity index (χ2n) is 4.96. The zero-order chi connectivity index (χ0) is 16.2. The Labute approximate surface area is 130 Å². The highest BCUT2D eigenvalue weighted by Gasteiger charge is 2.27. The molecule has 0 spiro atoms. The van der Waals surface area contributed by atoms with Gasteiger partial charge in [0.05, 0.1) is 6.54 Å². The Kier molecular flexibility index (Phi) is 5.05. The van der Waals surface area contributed by atoms with Crippen molar-refractivity contribution in [2.45, 2.75) is 12.5 Å². The van der Waals surface area contributed by atoms with Gasteiger partial charge in [-0.15, -0.1) is 11.3 Å². The molecule has 1 unspecified atom stereocenters. The largest absolute Gasteiger partial charge is 0.383 e. The van der Waals surface area contributed by atoms with E-state index in [0.29, 0.717) is 6.07 Å². The molecule has 2 aromatic rings. The molecule has 0 bridgehead atoms. The van der Waals surface area contributed by atoms with Crippen molar-refractivity contribution < 1.29 is 18.7 Å². The van der Waals surface area contributed by atoms with Crippen LogP contribution in [0.5, 0.6) is 0 Å². The van der Waals surface area contributed by atoms with E-state index in [2.05, 4.69) is 5.32 Å². The lowest BCUT2D eigenvalue weighted by Gasteiger charge is -2.24. The van der Waals surface area contributed by atoms with Crippen molar-refractivity contribution in [3.8, 4) is 0 Å². The van der Waals surface area contributed by atoms with Crippen LogP contribution < -0.4 is 5.32 Å². The molecule has 1 atom stereocenters. The molecule has 1 aromatic heterocycles. The standard InChI is InChI=1S/C16H15F2NO2S/c1-16(21,13-6-4-11(17)9-14(13)18)10-19-15(20)7-5-12-3-2-8-22-12/h2-9,21H,10H2,1H3,(H,19,20). The lowest BCUT2D eigenvalue weighted by atomic mass is 9.95. The molecule has 0 fully saturated rings. The number of thiophene rings is 1. The molecular weight excluding hydrogens is 308 g/mol. The summed E-state index contributed by atoms with van der Waals surface area (Å²) in [5.74, 6) is -1.98. The maximum Gasteiger partial charge on any atom is 0.244 e. The molecule has 0 radical (unpaired) electrons. The molecule has 1 aromatic carbocycles. The maximum atomic E-state index is 13.7. The van der Waals surface area contributed by atoms with Crippen molar-refractivity contribution >= 4 is 23.3 Å². The monoisotopic (exact) mass is 323 g/mol. The van der Waals surface area contributed by atoms with E-state index in [4.69, 9.17) is 0 Å². The number of aliphatic hydroxyl groups is 1. The molecule has 116 valence electrons. The summed E-state index contributed by atoms with van der Waals surface area (Å²) in [7, 11) is 0. The first-order chi connectivity index (χ1) is 10.4. The first-order valence-corrected chi connectivity index (χ1v) is 7.44. The van der Waals surface area contributed by atoms with E-state index in [1.807, 2.05) is 17.5 Å². The van der Waals surface area contributed by atoms with Crippen molar-refractivity contribution in [1.82, 2.24) is 5.32 Å². The summed E-state index contributed by atoms with van der Waals surface area (Å²) >= 11 is 1.49. The number of hydrogen-bond acceptors (Lipinski definition) is 3. The zero-order valence-corrected chi connectivity index (χ0v) is 12.7. The Hall–Kier alpha value is -2.05. The van der Waals surface area contributed by atoms with Crippen molar-refractivity contribution in [3.63, 3.8) is 0 Å². The second-order valence-corrected chi connectivity index (χ2v) is 5.94. The van der Waals surface area contributed by atoms with Crippen LogP contribution >= 0.6 is 11.3 Å². The van der Waals surface area contributed by atoms with Crippen molar-refractivity contribution in [2.75, 3.05) is 6.54 Å². The number of amides is 1. The number of carbonyl (C=O) groups excluding carboxylic acids is 1. The quantitative estimate of drug-likeness (QED) is 0.831. The summed E-state index contributed by atoms with van der Waals surface area (Å²) in [4.78, 5) is 12.6. The summed E-state index contributed by atoms with van der Waals surface area (Å²) in [6.07, 6.45) is 2.98. The van der Waals surface area contributed by atoms with Gasteiger partial charge in [-0.05, 0) is 30.5 Å². The van der Waals surface area contributed by atoms with Gasteiger partial charge in [-0.25, -0.2) is 8.78 Å². The molecule has 0 aliphatic carbocycles. The molecule has 6 heteroatoms. The van der Waals surface area contributed by atoms with Crippen LogP contribution in [0.1, 0.15) is 17.4 Å². The molecule has 0 aliphatic heterocycles. The lowest BCUT2D eigenvalue weighted by molar-refractivity contribution is -0.117. The van der Waals surface area contributed by atoms with Crippen LogP contribution in [0.3, 0.4) is 0 Å². The van der Waals surface area contributed by atoms with Crippen molar-refractivity contribution in [1.29, 1.82) is 0 Å². The summed E-state index contributed by atoms with van der Waals surface area (Å²) in [6, 6.07) is 6.65. The fraction of sp³-hybridized carbons (Fsp3) is 0.188. The minimum atomic E-state index is -1.63. The highest BCUT2D eigenvalue weighted by Crippen LogP contribution is 2.23. The van der Waals surface area contributed by atoms with Crippen LogP contribution in [0.4, 0.5) is 8.78 Å². The molecule has 0 saturated heterocycles. The van der Waals surface area contributed by atoms with E-state index in [9.17, 15) is 18.7 Å². The predicted molar refractivity (Wildman–Crippen MR) is 82.3 cm³/mol. The van der Waals surface area contributed by atoms with E-state index in [1.165, 1.54) is 24.3 Å². The van der Waals surface area contributed by atoms with Gasteiger partial charge in [0.25, 0.3) is 0 Å². The van der Waals surface area contributed by atoms with Gasteiger partial charge in [-0.1, -0.05) is 12.1 Å². The predicted octanol–water partition coefficient (Wildman–Crippen LogP) is 3.06. The SMILES string of the molecule is CC(O)(CNC(=O)C=Cc1cccs1)c1ccc(F)cc1F. The third kappa shape index (κ3) is 4.22. The third-order valence-corrected chi connectivity index (χ3v) is 3.90. The maximum absolute atomic E-state index is 13.7. The van der Waals surface area contributed by atoms with E-state index in [-0.39, 0.29) is 12.1 Å². The van der Waals surface area contributed by atoms with Gasteiger partial charge in [0, 0.05) is 22.6 Å². The Bertz CT molecular complexity index is 681. The normalized spacial score (nSPS) is 14.0. The topological polar surface area (TPSA) is 49.3 Å². The molecule has 3 nitrogen and oxygen atoms in total. The summed E-state index contributed by atoms with van der Waals surface area (Å²) < 4.78 is 26.6. The average molecular weight is 323 g/mol. The van der Waals surface area contributed by atoms with Gasteiger partial charge in [-0.2, -0.15) is 0 Å². The van der Waals surface area contributed by atoms with Crippen LogP contribution in [0.25, 0.3) is 6.08 Å². The molecule has 0 saturated carbocycles. The van der Waals surface area contributed by atoms with E-state index in [1.54, 1.807) is 6.08 Å². The molecule has 2 rings (SSSR count). The Balaban J connectivity index is 1.98. The van der Waals surface area contributed by atoms with Gasteiger partial charge < -0.3 is 10.4 Å². The third-order valence-electron chi connectivity index (χ3n) is 3.06. The van der Waals surface area contributed by atoms with Crippen LogP contribution in [-0.2, 0) is 10.4 Å². The van der Waals surface area contributed by atoms with Crippen LogP contribution in [0.15, 0.2) is 41.8 Å². The zero-order valence-electron chi connectivity index (χ0n) is 11.8. The number of nitrogens with one attached hydrogen (secondary N) is 1. The van der Waals surface area contributed by atoms with E-state index in [0.717, 1.165) is 17.0 Å². The molecule has 22 heavy (non-hydrogen) atoms. The number of rotatable bonds is 5. The highest BCUT2D eigenvalue weighted by molar-refractivity contribution is 7.10. The van der Waals surface area contributed by atoms with Gasteiger partial charge in [0.1, 0.15) is 17.2 Å². The minimum Gasteiger partial charge on any atom is -0.383 e. The summed E-state index contributed by atoms with van der Waals surface area (Å²) in [5, 5.41) is 14.6. The molecule has 1 heterocycles. The Morgan fingerprint density at radius 3 is 2.82 bits per heavy atom. The molecular formula is C16H15F2NO2S. The average Bonchev–Trinajstić information content (AvgIpc) is 2.96.